The molecular weight excluding hydrogens is 322 g/mol. The Bertz CT molecular complexity index is 548. The van der Waals surface area contributed by atoms with Crippen LogP contribution in [0, 0.1) is 11.8 Å². The Morgan fingerprint density at radius 1 is 1.24 bits per heavy atom. The summed E-state index contributed by atoms with van der Waals surface area (Å²) in [6, 6.07) is 9.48. The van der Waals surface area contributed by atoms with Crippen molar-refractivity contribution in [2.75, 3.05) is 26.3 Å². The van der Waals surface area contributed by atoms with Gasteiger partial charge in [0.25, 0.3) is 0 Å². The van der Waals surface area contributed by atoms with Crippen LogP contribution in [0.1, 0.15) is 31.7 Å². The zero-order chi connectivity index (χ0) is 18.1. The van der Waals surface area contributed by atoms with Gasteiger partial charge in [-0.15, -0.1) is 0 Å². The molecule has 2 atom stereocenters. The van der Waals surface area contributed by atoms with Crippen molar-refractivity contribution >= 4 is 12.1 Å². The van der Waals surface area contributed by atoms with Crippen LogP contribution < -0.4 is 0 Å². The SMILES string of the molecule is CCCCOC(=O)N1CCC(C(=O)OCc2ccccc2)C(CO)C1. The van der Waals surface area contributed by atoms with Crippen LogP contribution in [0.15, 0.2) is 30.3 Å². The van der Waals surface area contributed by atoms with E-state index in [0.29, 0.717) is 26.1 Å². The molecule has 0 bridgehead atoms. The second-order valence-corrected chi connectivity index (χ2v) is 6.35. The minimum atomic E-state index is -0.395. The van der Waals surface area contributed by atoms with Gasteiger partial charge in [-0.1, -0.05) is 43.7 Å². The number of likely N-dealkylation sites (tertiary alicyclic amines) is 1. The first kappa shape index (κ1) is 19.2. The van der Waals surface area contributed by atoms with Gasteiger partial charge in [0.2, 0.25) is 0 Å². The monoisotopic (exact) mass is 349 g/mol. The lowest BCUT2D eigenvalue weighted by Gasteiger charge is -2.35. The minimum absolute atomic E-state index is 0.163. The number of piperidine rings is 1. The van der Waals surface area contributed by atoms with E-state index in [1.54, 1.807) is 4.90 Å². The highest BCUT2D eigenvalue weighted by atomic mass is 16.6. The number of benzene rings is 1. The van der Waals surface area contributed by atoms with Crippen LogP contribution in [-0.2, 0) is 20.9 Å². The van der Waals surface area contributed by atoms with E-state index < -0.39 is 5.92 Å². The summed E-state index contributed by atoms with van der Waals surface area (Å²) in [4.78, 5) is 26.0. The predicted molar refractivity (Wildman–Crippen MR) is 92.7 cm³/mol. The maximum Gasteiger partial charge on any atom is 0.409 e. The molecule has 2 unspecified atom stereocenters. The lowest BCUT2D eigenvalue weighted by atomic mass is 9.86. The van der Waals surface area contributed by atoms with Crippen LogP contribution in [-0.4, -0.2) is 48.4 Å². The summed E-state index contributed by atoms with van der Waals surface area (Å²) in [5.41, 5.74) is 0.924. The number of amides is 1. The second kappa shape index (κ2) is 10.0. The number of aliphatic hydroxyl groups is 1. The highest BCUT2D eigenvalue weighted by Crippen LogP contribution is 2.25. The van der Waals surface area contributed by atoms with Crippen molar-refractivity contribution in [3.05, 3.63) is 35.9 Å². The second-order valence-electron chi connectivity index (χ2n) is 6.35. The molecule has 1 aliphatic heterocycles. The Balaban J connectivity index is 1.84. The zero-order valence-electron chi connectivity index (χ0n) is 14.7. The third kappa shape index (κ3) is 5.74. The molecule has 1 aromatic carbocycles. The molecule has 0 aromatic heterocycles. The summed E-state index contributed by atoms with van der Waals surface area (Å²) in [5, 5.41) is 9.62. The van der Waals surface area contributed by atoms with Crippen molar-refractivity contribution in [2.45, 2.75) is 32.8 Å². The normalized spacial score (nSPS) is 20.2. The summed E-state index contributed by atoms with van der Waals surface area (Å²) in [5.74, 6) is -1.04. The number of esters is 1. The number of unbranched alkanes of at least 4 members (excludes halogenated alkanes) is 1. The Morgan fingerprint density at radius 3 is 2.68 bits per heavy atom. The first-order valence-corrected chi connectivity index (χ1v) is 8.88. The Labute approximate surface area is 148 Å². The van der Waals surface area contributed by atoms with Gasteiger partial charge < -0.3 is 19.5 Å². The third-order valence-corrected chi connectivity index (χ3v) is 4.48. The van der Waals surface area contributed by atoms with Crippen molar-refractivity contribution in [3.8, 4) is 0 Å². The Morgan fingerprint density at radius 2 is 2.00 bits per heavy atom. The number of hydrogen-bond donors (Lipinski definition) is 1. The van der Waals surface area contributed by atoms with Gasteiger partial charge in [0.15, 0.2) is 0 Å². The van der Waals surface area contributed by atoms with Crippen LogP contribution in [0.5, 0.6) is 0 Å². The van der Waals surface area contributed by atoms with E-state index in [1.807, 2.05) is 37.3 Å². The van der Waals surface area contributed by atoms with E-state index in [4.69, 9.17) is 9.47 Å². The van der Waals surface area contributed by atoms with Crippen LogP contribution in [0.25, 0.3) is 0 Å². The smallest absolute Gasteiger partial charge is 0.409 e. The molecule has 2 rings (SSSR count). The summed E-state index contributed by atoms with van der Waals surface area (Å²) in [6.45, 7) is 3.24. The van der Waals surface area contributed by atoms with Gasteiger partial charge in [0.05, 0.1) is 12.5 Å². The van der Waals surface area contributed by atoms with Gasteiger partial charge in [-0.25, -0.2) is 4.79 Å². The fourth-order valence-electron chi connectivity index (χ4n) is 2.92. The average Bonchev–Trinajstić information content (AvgIpc) is 2.66. The summed E-state index contributed by atoms with van der Waals surface area (Å²) in [6.07, 6.45) is 1.89. The Kier molecular flexibility index (Phi) is 7.73. The van der Waals surface area contributed by atoms with Crippen molar-refractivity contribution in [1.29, 1.82) is 0 Å². The number of hydrogen-bond acceptors (Lipinski definition) is 5. The number of aliphatic hydroxyl groups excluding tert-OH is 1. The number of rotatable bonds is 7. The van der Waals surface area contributed by atoms with Crippen molar-refractivity contribution in [1.82, 2.24) is 4.90 Å². The van der Waals surface area contributed by atoms with Crippen molar-refractivity contribution in [3.63, 3.8) is 0 Å². The first-order chi connectivity index (χ1) is 12.2. The molecule has 6 heteroatoms. The van der Waals surface area contributed by atoms with Crippen LogP contribution in [0.3, 0.4) is 0 Å². The zero-order valence-corrected chi connectivity index (χ0v) is 14.7. The topological polar surface area (TPSA) is 76.1 Å². The lowest BCUT2D eigenvalue weighted by Crippen LogP contribution is -2.47. The molecule has 1 aliphatic rings. The molecule has 0 saturated carbocycles. The van der Waals surface area contributed by atoms with E-state index in [1.165, 1.54) is 0 Å². The number of nitrogens with zero attached hydrogens (tertiary/aromatic N) is 1. The van der Waals surface area contributed by atoms with Crippen molar-refractivity contribution < 1.29 is 24.2 Å². The molecule has 1 saturated heterocycles. The van der Waals surface area contributed by atoms with E-state index in [-0.39, 0.29) is 31.2 Å². The highest BCUT2D eigenvalue weighted by Gasteiger charge is 2.36. The van der Waals surface area contributed by atoms with Gasteiger partial charge in [0.1, 0.15) is 6.61 Å². The molecule has 6 nitrogen and oxygen atoms in total. The fraction of sp³-hybridized carbons (Fsp3) is 0.579. The predicted octanol–water partition coefficient (Wildman–Crippen LogP) is 2.60. The molecule has 0 radical (unpaired) electrons. The highest BCUT2D eigenvalue weighted by molar-refractivity contribution is 5.74. The minimum Gasteiger partial charge on any atom is -0.461 e. The van der Waals surface area contributed by atoms with Crippen LogP contribution >= 0.6 is 0 Å². The molecule has 1 fully saturated rings. The molecule has 0 spiro atoms. The fourth-order valence-corrected chi connectivity index (χ4v) is 2.92. The quantitative estimate of drug-likeness (QED) is 0.605. The van der Waals surface area contributed by atoms with E-state index in [9.17, 15) is 14.7 Å². The van der Waals surface area contributed by atoms with Crippen LogP contribution in [0.2, 0.25) is 0 Å². The van der Waals surface area contributed by atoms with Crippen LogP contribution in [0.4, 0.5) is 4.79 Å². The molecule has 1 amide bonds. The number of carbonyl (C=O) groups excluding carboxylic acids is 2. The first-order valence-electron chi connectivity index (χ1n) is 8.88. The molecule has 1 aromatic rings. The number of carbonyl (C=O) groups is 2. The molecule has 1 heterocycles. The molecule has 25 heavy (non-hydrogen) atoms. The van der Waals surface area contributed by atoms with Crippen molar-refractivity contribution in [2.24, 2.45) is 11.8 Å². The number of ether oxygens (including phenoxy) is 2. The lowest BCUT2D eigenvalue weighted by molar-refractivity contribution is -0.154. The van der Waals surface area contributed by atoms with E-state index >= 15 is 0 Å². The maximum atomic E-state index is 12.4. The Hall–Kier alpha value is -2.08. The van der Waals surface area contributed by atoms with E-state index in [2.05, 4.69) is 0 Å². The molecule has 138 valence electrons. The molecular formula is C19H27NO5. The van der Waals surface area contributed by atoms with Gasteiger partial charge in [-0.2, -0.15) is 0 Å². The maximum absolute atomic E-state index is 12.4. The summed E-state index contributed by atoms with van der Waals surface area (Å²) >= 11 is 0. The van der Waals surface area contributed by atoms with Gasteiger partial charge in [-0.3, -0.25) is 4.79 Å². The van der Waals surface area contributed by atoms with Gasteiger partial charge >= 0.3 is 12.1 Å². The van der Waals surface area contributed by atoms with Gasteiger partial charge in [0, 0.05) is 25.6 Å². The standard InChI is InChI=1S/C19H27NO5/c1-2-3-11-24-19(23)20-10-9-17(16(12-20)13-21)18(22)25-14-15-7-5-4-6-8-15/h4-8,16-17,21H,2-3,9-14H2,1H3. The largest absolute Gasteiger partial charge is 0.461 e. The van der Waals surface area contributed by atoms with E-state index in [0.717, 1.165) is 18.4 Å². The summed E-state index contributed by atoms with van der Waals surface area (Å²) < 4.78 is 10.6. The van der Waals surface area contributed by atoms with Gasteiger partial charge in [-0.05, 0) is 18.4 Å². The average molecular weight is 349 g/mol. The molecule has 1 N–H and O–H groups in total. The summed E-state index contributed by atoms with van der Waals surface area (Å²) in [7, 11) is 0. The molecule has 0 aliphatic carbocycles. The third-order valence-electron chi connectivity index (χ3n) is 4.48.